The summed E-state index contributed by atoms with van der Waals surface area (Å²) in [4.78, 5) is 0. The zero-order valence-electron chi connectivity index (χ0n) is 11.2. The second-order valence-electron chi connectivity index (χ2n) is 4.30. The lowest BCUT2D eigenvalue weighted by Gasteiger charge is -2.07. The lowest BCUT2D eigenvalue weighted by atomic mass is 10.2. The van der Waals surface area contributed by atoms with E-state index in [1.54, 1.807) is 24.3 Å². The molecule has 108 valence electrons. The van der Waals surface area contributed by atoms with Crippen LogP contribution in [0.4, 0.5) is 8.78 Å². The number of alkyl halides is 1. The number of hydrogen-bond donors (Lipinski definition) is 0. The van der Waals surface area contributed by atoms with Crippen LogP contribution in [-0.2, 0) is 6.61 Å². The molecule has 0 atom stereocenters. The van der Waals surface area contributed by atoms with E-state index in [0.29, 0.717) is 23.6 Å². The fraction of sp³-hybridized carbons (Fsp3) is 0.176. The molecule has 0 N–H and O–H groups in total. The maximum Gasteiger partial charge on any atom is 0.142 e. The van der Waals surface area contributed by atoms with Gasteiger partial charge in [0.25, 0.3) is 0 Å². The van der Waals surface area contributed by atoms with Crippen molar-refractivity contribution >= 4 is 11.6 Å². The smallest absolute Gasteiger partial charge is 0.142 e. The third kappa shape index (κ3) is 4.77. The normalized spacial score (nSPS) is 9.86. The number of halogens is 3. The molecule has 1 nitrogen and oxygen atoms in total. The van der Waals surface area contributed by atoms with Crippen molar-refractivity contribution in [2.75, 3.05) is 5.88 Å². The van der Waals surface area contributed by atoms with Crippen molar-refractivity contribution in [2.24, 2.45) is 0 Å². The molecule has 0 spiro atoms. The lowest BCUT2D eigenvalue weighted by Crippen LogP contribution is -1.96. The minimum Gasteiger partial charge on any atom is -0.489 e. The molecular formula is C17H13ClF2O. The van der Waals surface area contributed by atoms with Crippen LogP contribution in [-0.4, -0.2) is 5.88 Å². The second-order valence-corrected chi connectivity index (χ2v) is 4.68. The fourth-order valence-electron chi connectivity index (χ4n) is 1.64. The Labute approximate surface area is 127 Å². The molecule has 0 aliphatic heterocycles. The van der Waals surface area contributed by atoms with Gasteiger partial charge in [-0.25, -0.2) is 8.78 Å². The highest BCUT2D eigenvalue weighted by Gasteiger charge is 2.03. The number of benzene rings is 2. The monoisotopic (exact) mass is 306 g/mol. The van der Waals surface area contributed by atoms with Crippen molar-refractivity contribution in [3.05, 3.63) is 65.2 Å². The summed E-state index contributed by atoms with van der Waals surface area (Å²) in [5.41, 5.74) is 1.12. The third-order valence-electron chi connectivity index (χ3n) is 2.70. The number of rotatable bonds is 4. The molecular weight excluding hydrogens is 294 g/mol. The quantitative estimate of drug-likeness (QED) is 0.596. The van der Waals surface area contributed by atoms with Crippen LogP contribution in [0.2, 0.25) is 0 Å². The Morgan fingerprint density at radius 3 is 2.48 bits per heavy atom. The van der Waals surface area contributed by atoms with Gasteiger partial charge in [0.2, 0.25) is 0 Å². The summed E-state index contributed by atoms with van der Waals surface area (Å²) in [6.45, 7) is 0.247. The van der Waals surface area contributed by atoms with Crippen molar-refractivity contribution in [1.29, 1.82) is 0 Å². The Bertz CT molecular complexity index is 657. The first-order valence-electron chi connectivity index (χ1n) is 6.40. The molecule has 0 fully saturated rings. The molecule has 2 aromatic carbocycles. The van der Waals surface area contributed by atoms with Gasteiger partial charge < -0.3 is 4.74 Å². The Morgan fingerprint density at radius 2 is 1.81 bits per heavy atom. The Hall–Kier alpha value is -2.05. The molecule has 2 aromatic rings. The molecule has 21 heavy (non-hydrogen) atoms. The average Bonchev–Trinajstić information content (AvgIpc) is 2.49. The predicted octanol–water partition coefficient (Wildman–Crippen LogP) is 4.52. The van der Waals surface area contributed by atoms with E-state index >= 15 is 0 Å². The van der Waals surface area contributed by atoms with Crippen LogP contribution < -0.4 is 4.74 Å². The Morgan fingerprint density at radius 1 is 1.05 bits per heavy atom. The minimum atomic E-state index is -0.436. The molecule has 0 amide bonds. The van der Waals surface area contributed by atoms with Crippen molar-refractivity contribution in [1.82, 2.24) is 0 Å². The number of hydrogen-bond acceptors (Lipinski definition) is 1. The molecule has 0 aromatic heterocycles. The first-order valence-corrected chi connectivity index (χ1v) is 6.94. The first-order chi connectivity index (χ1) is 10.2. The van der Waals surface area contributed by atoms with Crippen molar-refractivity contribution in [3.8, 4) is 17.6 Å². The molecule has 4 heteroatoms. The van der Waals surface area contributed by atoms with Crippen LogP contribution in [0.15, 0.2) is 42.5 Å². The zero-order chi connectivity index (χ0) is 15.1. The topological polar surface area (TPSA) is 9.23 Å². The van der Waals surface area contributed by atoms with E-state index in [0.717, 1.165) is 5.56 Å². The van der Waals surface area contributed by atoms with E-state index in [1.165, 1.54) is 18.2 Å². The highest BCUT2D eigenvalue weighted by molar-refractivity contribution is 6.18. The van der Waals surface area contributed by atoms with E-state index in [1.807, 2.05) is 0 Å². The van der Waals surface area contributed by atoms with Gasteiger partial charge in [0.15, 0.2) is 0 Å². The summed E-state index contributed by atoms with van der Waals surface area (Å²) in [6, 6.07) is 10.5. The molecule has 0 bridgehead atoms. The maximum atomic E-state index is 13.8. The van der Waals surface area contributed by atoms with Crippen LogP contribution >= 0.6 is 11.6 Å². The van der Waals surface area contributed by atoms with Gasteiger partial charge in [0.1, 0.15) is 24.0 Å². The second kappa shape index (κ2) is 7.66. The SMILES string of the molecule is Fc1ccc(COc2ccc(C#CCCCl)c(F)c2)cc1. The van der Waals surface area contributed by atoms with Gasteiger partial charge in [-0.15, -0.1) is 11.6 Å². The van der Waals surface area contributed by atoms with Gasteiger partial charge in [-0.1, -0.05) is 24.0 Å². The van der Waals surface area contributed by atoms with Crippen LogP contribution in [0.1, 0.15) is 17.5 Å². The van der Waals surface area contributed by atoms with Gasteiger partial charge in [0, 0.05) is 18.4 Å². The van der Waals surface area contributed by atoms with E-state index in [2.05, 4.69) is 11.8 Å². The predicted molar refractivity (Wildman–Crippen MR) is 79.3 cm³/mol. The molecule has 2 rings (SSSR count). The first kappa shape index (κ1) is 15.3. The van der Waals surface area contributed by atoms with E-state index in [-0.39, 0.29) is 12.4 Å². The van der Waals surface area contributed by atoms with Crippen LogP contribution in [0, 0.1) is 23.5 Å². The van der Waals surface area contributed by atoms with E-state index < -0.39 is 5.82 Å². The highest BCUT2D eigenvalue weighted by atomic mass is 35.5. The third-order valence-corrected chi connectivity index (χ3v) is 2.89. The van der Waals surface area contributed by atoms with Gasteiger partial charge >= 0.3 is 0 Å². The Kier molecular flexibility index (Phi) is 5.59. The van der Waals surface area contributed by atoms with Crippen molar-refractivity contribution in [2.45, 2.75) is 13.0 Å². The standard InChI is InChI=1S/C17H13ClF2O/c18-10-2-1-3-14-6-9-16(11-17(14)20)21-12-13-4-7-15(19)8-5-13/h4-9,11H,2,10,12H2. The molecule has 0 heterocycles. The summed E-state index contributed by atoms with van der Waals surface area (Å²) in [6.07, 6.45) is 0.518. The van der Waals surface area contributed by atoms with Gasteiger partial charge in [-0.2, -0.15) is 0 Å². The fourth-order valence-corrected chi connectivity index (χ4v) is 1.73. The van der Waals surface area contributed by atoms with Crippen LogP contribution in [0.25, 0.3) is 0 Å². The maximum absolute atomic E-state index is 13.8. The molecule has 0 aliphatic rings. The van der Waals surface area contributed by atoms with E-state index in [9.17, 15) is 8.78 Å². The van der Waals surface area contributed by atoms with Crippen molar-refractivity contribution < 1.29 is 13.5 Å². The van der Waals surface area contributed by atoms with Gasteiger partial charge in [-0.05, 0) is 29.8 Å². The minimum absolute atomic E-state index is 0.247. The van der Waals surface area contributed by atoms with Crippen molar-refractivity contribution in [3.63, 3.8) is 0 Å². The summed E-state index contributed by atoms with van der Waals surface area (Å²) in [5.74, 6) is 5.58. The van der Waals surface area contributed by atoms with E-state index in [4.69, 9.17) is 16.3 Å². The van der Waals surface area contributed by atoms with Crippen LogP contribution in [0.5, 0.6) is 5.75 Å². The molecule has 0 saturated carbocycles. The van der Waals surface area contributed by atoms with Crippen LogP contribution in [0.3, 0.4) is 0 Å². The highest BCUT2D eigenvalue weighted by Crippen LogP contribution is 2.17. The lowest BCUT2D eigenvalue weighted by molar-refractivity contribution is 0.304. The number of ether oxygens (including phenoxy) is 1. The molecule has 0 aliphatic carbocycles. The summed E-state index contributed by atoms with van der Waals surface area (Å²) in [5, 5.41) is 0. The average molecular weight is 307 g/mol. The molecule has 0 saturated heterocycles. The van der Waals surface area contributed by atoms with Gasteiger partial charge in [-0.3, -0.25) is 0 Å². The zero-order valence-corrected chi connectivity index (χ0v) is 12.0. The Balaban J connectivity index is 2.00. The van der Waals surface area contributed by atoms with Gasteiger partial charge in [0.05, 0.1) is 5.56 Å². The molecule has 0 radical (unpaired) electrons. The summed E-state index contributed by atoms with van der Waals surface area (Å²) < 4.78 is 32.0. The largest absolute Gasteiger partial charge is 0.489 e. The molecule has 0 unspecified atom stereocenters. The summed E-state index contributed by atoms with van der Waals surface area (Å²) >= 11 is 5.50. The summed E-state index contributed by atoms with van der Waals surface area (Å²) in [7, 11) is 0.